The summed E-state index contributed by atoms with van der Waals surface area (Å²) in [7, 11) is 0. The van der Waals surface area contributed by atoms with E-state index in [2.05, 4.69) is 15.1 Å². The number of nitrogens with one attached hydrogen (secondary N) is 1. The quantitative estimate of drug-likeness (QED) is 0.789. The van der Waals surface area contributed by atoms with Crippen molar-refractivity contribution in [3.05, 3.63) is 44.5 Å². The van der Waals surface area contributed by atoms with Crippen molar-refractivity contribution in [1.82, 2.24) is 19.7 Å². The lowest BCUT2D eigenvalue weighted by Crippen LogP contribution is -2.16. The van der Waals surface area contributed by atoms with E-state index in [0.717, 1.165) is 23.1 Å². The van der Waals surface area contributed by atoms with Crippen LogP contribution < -0.4 is 4.87 Å². The third-order valence-electron chi connectivity index (χ3n) is 3.23. The zero-order valence-electron chi connectivity index (χ0n) is 11.8. The molecule has 0 aliphatic carbocycles. The molecule has 0 unspecified atom stereocenters. The molecule has 3 rings (SSSR count). The fourth-order valence-electron chi connectivity index (χ4n) is 2.04. The number of aromatic amines is 1. The number of rotatable bonds is 4. The molecule has 0 aliphatic rings. The highest BCUT2D eigenvalue weighted by atomic mass is 32.1. The molecular weight excluding hydrogens is 333 g/mol. The summed E-state index contributed by atoms with van der Waals surface area (Å²) in [5.41, 5.74) is 0.0782. The van der Waals surface area contributed by atoms with Gasteiger partial charge in [0.15, 0.2) is 0 Å². The summed E-state index contributed by atoms with van der Waals surface area (Å²) in [6.07, 6.45) is -4.14. The summed E-state index contributed by atoms with van der Waals surface area (Å²) in [5.74, 6) is 0.297. The van der Waals surface area contributed by atoms with E-state index in [1.807, 2.05) is 6.92 Å². The molecule has 3 aromatic heterocycles. The number of aryl methyl sites for hydroxylation is 2. The van der Waals surface area contributed by atoms with Crippen molar-refractivity contribution in [2.24, 2.45) is 0 Å². The highest BCUT2D eigenvalue weighted by molar-refractivity contribution is 7.07. The van der Waals surface area contributed by atoms with Crippen molar-refractivity contribution in [1.29, 1.82) is 0 Å². The Labute approximate surface area is 131 Å². The minimum atomic E-state index is -4.46. The Morgan fingerprint density at radius 2 is 2.17 bits per heavy atom. The topological polar surface area (TPSA) is 76.7 Å². The van der Waals surface area contributed by atoms with Crippen LogP contribution in [0.1, 0.15) is 17.3 Å². The third kappa shape index (κ3) is 3.21. The molecule has 0 aliphatic heterocycles. The largest absolute Gasteiger partial charge is 0.431 e. The maximum absolute atomic E-state index is 12.5. The molecule has 0 fully saturated rings. The first-order valence-electron chi connectivity index (χ1n) is 6.58. The van der Waals surface area contributed by atoms with Crippen LogP contribution in [-0.2, 0) is 19.1 Å². The first-order chi connectivity index (χ1) is 10.8. The fourth-order valence-corrected chi connectivity index (χ4v) is 2.80. The number of thiazole rings is 1. The SMILES string of the molecule is Cc1csc(=O)n1CCc1nc(-c2ccc(C(F)(F)F)[nH]2)no1. The monoisotopic (exact) mass is 344 g/mol. The maximum atomic E-state index is 12.5. The van der Waals surface area contributed by atoms with Gasteiger partial charge in [-0.15, -0.1) is 0 Å². The first kappa shape index (κ1) is 15.5. The van der Waals surface area contributed by atoms with E-state index >= 15 is 0 Å². The molecule has 0 spiro atoms. The van der Waals surface area contributed by atoms with Crippen LogP contribution in [0.4, 0.5) is 13.2 Å². The van der Waals surface area contributed by atoms with Gasteiger partial charge in [0.2, 0.25) is 11.7 Å². The predicted molar refractivity (Wildman–Crippen MR) is 76.1 cm³/mol. The maximum Gasteiger partial charge on any atom is 0.431 e. The van der Waals surface area contributed by atoms with Gasteiger partial charge >= 0.3 is 11.0 Å². The van der Waals surface area contributed by atoms with Crippen LogP contribution in [0.25, 0.3) is 11.5 Å². The molecular formula is C13H11F3N4O2S. The average Bonchev–Trinajstić information content (AvgIpc) is 3.17. The van der Waals surface area contributed by atoms with Crippen LogP contribution in [0.3, 0.4) is 0 Å². The van der Waals surface area contributed by atoms with Gasteiger partial charge in [-0.2, -0.15) is 18.2 Å². The van der Waals surface area contributed by atoms with Gasteiger partial charge in [0, 0.05) is 24.0 Å². The number of aromatic nitrogens is 4. The van der Waals surface area contributed by atoms with Gasteiger partial charge in [0.1, 0.15) is 5.69 Å². The summed E-state index contributed by atoms with van der Waals surface area (Å²) in [6.45, 7) is 2.18. The summed E-state index contributed by atoms with van der Waals surface area (Å²) >= 11 is 1.10. The van der Waals surface area contributed by atoms with E-state index in [4.69, 9.17) is 4.52 Å². The summed E-state index contributed by atoms with van der Waals surface area (Å²) in [4.78, 5) is 17.8. The Hall–Kier alpha value is -2.36. The van der Waals surface area contributed by atoms with Crippen LogP contribution in [0.5, 0.6) is 0 Å². The highest BCUT2D eigenvalue weighted by Gasteiger charge is 2.32. The number of halogens is 3. The lowest BCUT2D eigenvalue weighted by Gasteiger charge is -2.01. The molecule has 0 bridgehead atoms. The zero-order valence-corrected chi connectivity index (χ0v) is 12.7. The summed E-state index contributed by atoms with van der Waals surface area (Å²) in [6, 6.07) is 2.16. The molecule has 6 nitrogen and oxygen atoms in total. The van der Waals surface area contributed by atoms with Gasteiger partial charge in [0.25, 0.3) is 0 Å². The van der Waals surface area contributed by atoms with Gasteiger partial charge in [-0.25, -0.2) is 0 Å². The van der Waals surface area contributed by atoms with Gasteiger partial charge in [-0.3, -0.25) is 4.79 Å². The lowest BCUT2D eigenvalue weighted by atomic mass is 10.4. The molecule has 10 heteroatoms. The van der Waals surface area contributed by atoms with Gasteiger partial charge in [-0.05, 0) is 19.1 Å². The number of hydrogen-bond donors (Lipinski definition) is 1. The Kier molecular flexibility index (Phi) is 3.84. The van der Waals surface area contributed by atoms with Crippen molar-refractivity contribution in [3.8, 4) is 11.5 Å². The Balaban J connectivity index is 1.73. The lowest BCUT2D eigenvalue weighted by molar-refractivity contribution is -0.140. The molecule has 0 saturated carbocycles. The van der Waals surface area contributed by atoms with E-state index in [1.54, 1.807) is 9.95 Å². The summed E-state index contributed by atoms with van der Waals surface area (Å²) < 4.78 is 44.2. The van der Waals surface area contributed by atoms with E-state index in [9.17, 15) is 18.0 Å². The Morgan fingerprint density at radius 3 is 2.78 bits per heavy atom. The Bertz CT molecular complexity index is 874. The molecule has 3 heterocycles. The minimum absolute atomic E-state index is 0.0462. The number of hydrogen-bond acceptors (Lipinski definition) is 5. The van der Waals surface area contributed by atoms with Gasteiger partial charge < -0.3 is 14.1 Å². The van der Waals surface area contributed by atoms with Crippen LogP contribution in [0, 0.1) is 6.92 Å². The normalized spacial score (nSPS) is 12.0. The molecule has 122 valence electrons. The Morgan fingerprint density at radius 1 is 1.39 bits per heavy atom. The first-order valence-corrected chi connectivity index (χ1v) is 7.46. The molecule has 0 radical (unpaired) electrons. The van der Waals surface area contributed by atoms with Crippen LogP contribution >= 0.6 is 11.3 Å². The molecule has 0 amide bonds. The molecule has 0 saturated heterocycles. The second kappa shape index (κ2) is 5.69. The number of H-pyrrole nitrogens is 1. The predicted octanol–water partition coefficient (Wildman–Crippen LogP) is 2.86. The van der Waals surface area contributed by atoms with Gasteiger partial charge in [0.05, 0.1) is 5.69 Å². The highest BCUT2D eigenvalue weighted by Crippen LogP contribution is 2.30. The smallest absolute Gasteiger partial charge is 0.348 e. The average molecular weight is 344 g/mol. The van der Waals surface area contributed by atoms with Crippen LogP contribution in [0.2, 0.25) is 0 Å². The van der Waals surface area contributed by atoms with Crippen LogP contribution in [-0.4, -0.2) is 19.7 Å². The molecule has 23 heavy (non-hydrogen) atoms. The van der Waals surface area contributed by atoms with Crippen molar-refractivity contribution in [2.75, 3.05) is 0 Å². The van der Waals surface area contributed by atoms with Crippen molar-refractivity contribution in [3.63, 3.8) is 0 Å². The molecule has 0 aromatic carbocycles. The second-order valence-corrected chi connectivity index (χ2v) is 5.66. The standard InChI is InChI=1S/C13H11F3N4O2S/c1-7-6-23-12(21)20(7)5-4-10-18-11(19-22-10)8-2-3-9(17-8)13(14,15)16/h2-3,6,17H,4-5H2,1H3. The van der Waals surface area contributed by atoms with E-state index in [-0.39, 0.29) is 22.3 Å². The minimum Gasteiger partial charge on any atom is -0.348 e. The van der Waals surface area contributed by atoms with Gasteiger partial charge in [-0.1, -0.05) is 16.5 Å². The van der Waals surface area contributed by atoms with Crippen molar-refractivity contribution in [2.45, 2.75) is 26.1 Å². The zero-order chi connectivity index (χ0) is 16.6. The number of nitrogens with zero attached hydrogens (tertiary/aromatic N) is 3. The number of alkyl halides is 3. The van der Waals surface area contributed by atoms with E-state index < -0.39 is 11.9 Å². The molecule has 1 N–H and O–H groups in total. The van der Waals surface area contributed by atoms with Crippen molar-refractivity contribution < 1.29 is 17.7 Å². The van der Waals surface area contributed by atoms with E-state index in [1.165, 1.54) is 6.07 Å². The summed E-state index contributed by atoms with van der Waals surface area (Å²) in [5, 5.41) is 5.41. The molecule has 0 atom stereocenters. The van der Waals surface area contributed by atoms with Crippen molar-refractivity contribution >= 4 is 11.3 Å². The molecule has 3 aromatic rings. The third-order valence-corrected chi connectivity index (χ3v) is 4.11. The van der Waals surface area contributed by atoms with E-state index in [0.29, 0.717) is 13.0 Å². The second-order valence-electron chi connectivity index (χ2n) is 4.84. The van der Waals surface area contributed by atoms with Crippen LogP contribution in [0.15, 0.2) is 26.8 Å². The fraction of sp³-hybridized carbons (Fsp3) is 0.308.